The number of ketones is 2. The molecule has 0 unspecified atom stereocenters. The number of nitrogens with zero attached hydrogens (tertiary/aromatic N) is 2. The van der Waals surface area contributed by atoms with Crippen LogP contribution in [0, 0.1) is 11.3 Å². The molecular weight excluding hydrogens is 276 g/mol. The molecule has 1 amide bonds. The molecule has 0 saturated heterocycles. The molecule has 0 spiro atoms. The Morgan fingerprint density at radius 3 is 2.55 bits per heavy atom. The van der Waals surface area contributed by atoms with Gasteiger partial charge < -0.3 is 4.90 Å². The Morgan fingerprint density at radius 1 is 1.25 bits per heavy atom. The van der Waals surface area contributed by atoms with Crippen molar-refractivity contribution in [1.82, 2.24) is 4.90 Å². The number of Topliss-reactive ketones (excluding diaryl/α,β-unsaturated/α-hetero) is 2. The van der Waals surface area contributed by atoms with Crippen molar-refractivity contribution in [1.29, 1.82) is 5.26 Å². The van der Waals surface area contributed by atoms with E-state index in [0.29, 0.717) is 4.88 Å². The standard InChI is InChI=1S/C14H16N2O3S/c1-16(9-8-15)14(19)7-5-11(17)4-6-12(18)13-3-2-10-20-13/h2-3,10H,4-7,9H2,1H3. The molecule has 0 saturated carbocycles. The molecule has 0 radical (unpaired) electrons. The summed E-state index contributed by atoms with van der Waals surface area (Å²) in [5.74, 6) is -0.376. The van der Waals surface area contributed by atoms with E-state index in [1.54, 1.807) is 12.1 Å². The first-order valence-corrected chi connectivity index (χ1v) is 7.12. The first-order valence-electron chi connectivity index (χ1n) is 6.24. The molecule has 1 aromatic heterocycles. The minimum atomic E-state index is -0.232. The molecule has 6 heteroatoms. The van der Waals surface area contributed by atoms with Crippen LogP contribution in [0.1, 0.15) is 35.4 Å². The van der Waals surface area contributed by atoms with Crippen molar-refractivity contribution in [2.24, 2.45) is 0 Å². The minimum absolute atomic E-state index is 0.0177. The molecular formula is C14H16N2O3S. The topological polar surface area (TPSA) is 78.2 Å². The summed E-state index contributed by atoms with van der Waals surface area (Å²) < 4.78 is 0. The van der Waals surface area contributed by atoms with E-state index in [9.17, 15) is 14.4 Å². The third-order valence-corrected chi connectivity index (χ3v) is 3.69. The van der Waals surface area contributed by atoms with Gasteiger partial charge in [-0.1, -0.05) is 6.07 Å². The lowest BCUT2D eigenvalue weighted by molar-refractivity contribution is -0.131. The van der Waals surface area contributed by atoms with Crippen LogP contribution in [0.3, 0.4) is 0 Å². The van der Waals surface area contributed by atoms with Gasteiger partial charge in [0.1, 0.15) is 12.3 Å². The molecule has 1 aromatic rings. The number of carbonyl (C=O) groups is 3. The fraction of sp³-hybridized carbons (Fsp3) is 0.429. The van der Waals surface area contributed by atoms with Gasteiger partial charge in [0.15, 0.2) is 5.78 Å². The Hall–Kier alpha value is -2.00. The normalized spacial score (nSPS) is 9.80. The Kier molecular flexibility index (Phi) is 6.60. The van der Waals surface area contributed by atoms with Crippen molar-refractivity contribution >= 4 is 28.8 Å². The highest BCUT2D eigenvalue weighted by Crippen LogP contribution is 2.13. The molecule has 0 aliphatic rings. The van der Waals surface area contributed by atoms with Gasteiger partial charge in [0.25, 0.3) is 0 Å². The fourth-order valence-electron chi connectivity index (χ4n) is 1.57. The SMILES string of the molecule is CN(CC#N)C(=O)CCC(=O)CCC(=O)c1cccs1. The minimum Gasteiger partial charge on any atom is -0.332 e. The van der Waals surface area contributed by atoms with Crippen LogP contribution in [0.15, 0.2) is 17.5 Å². The Labute approximate surface area is 121 Å². The van der Waals surface area contributed by atoms with Crippen molar-refractivity contribution in [2.75, 3.05) is 13.6 Å². The molecule has 20 heavy (non-hydrogen) atoms. The van der Waals surface area contributed by atoms with Gasteiger partial charge in [-0.15, -0.1) is 11.3 Å². The Morgan fingerprint density at radius 2 is 1.95 bits per heavy atom. The van der Waals surface area contributed by atoms with Gasteiger partial charge in [0.2, 0.25) is 5.91 Å². The highest BCUT2D eigenvalue weighted by atomic mass is 32.1. The molecule has 0 fully saturated rings. The monoisotopic (exact) mass is 292 g/mol. The zero-order valence-corrected chi connectivity index (χ0v) is 12.1. The zero-order chi connectivity index (χ0) is 15.0. The maximum Gasteiger partial charge on any atom is 0.223 e. The van der Waals surface area contributed by atoms with Gasteiger partial charge in [0.05, 0.1) is 10.9 Å². The van der Waals surface area contributed by atoms with Crippen molar-refractivity contribution in [3.63, 3.8) is 0 Å². The molecule has 106 valence electrons. The number of hydrogen-bond donors (Lipinski definition) is 0. The van der Waals surface area contributed by atoms with Gasteiger partial charge >= 0.3 is 0 Å². The number of amides is 1. The summed E-state index contributed by atoms with van der Waals surface area (Å²) in [6.45, 7) is 0.0177. The molecule has 0 N–H and O–H groups in total. The smallest absolute Gasteiger partial charge is 0.223 e. The predicted octanol–water partition coefficient (Wildman–Crippen LogP) is 2.04. The maximum absolute atomic E-state index is 11.7. The van der Waals surface area contributed by atoms with Crippen LogP contribution in [0.2, 0.25) is 0 Å². The number of nitriles is 1. The average Bonchev–Trinajstić information content (AvgIpc) is 2.96. The molecule has 1 rings (SSSR count). The molecule has 5 nitrogen and oxygen atoms in total. The summed E-state index contributed by atoms with van der Waals surface area (Å²) >= 11 is 1.36. The highest BCUT2D eigenvalue weighted by molar-refractivity contribution is 7.12. The quantitative estimate of drug-likeness (QED) is 0.542. The van der Waals surface area contributed by atoms with E-state index in [0.717, 1.165) is 0 Å². The van der Waals surface area contributed by atoms with Gasteiger partial charge in [0, 0.05) is 32.7 Å². The molecule has 1 heterocycles. The molecule has 0 aromatic carbocycles. The second-order valence-corrected chi connectivity index (χ2v) is 5.29. The largest absolute Gasteiger partial charge is 0.332 e. The molecule has 0 aliphatic heterocycles. The summed E-state index contributed by atoms with van der Waals surface area (Å²) in [6, 6.07) is 5.40. The van der Waals surface area contributed by atoms with Crippen LogP contribution >= 0.6 is 11.3 Å². The third-order valence-electron chi connectivity index (χ3n) is 2.78. The second-order valence-electron chi connectivity index (χ2n) is 4.35. The number of rotatable bonds is 8. The van der Waals surface area contributed by atoms with Crippen molar-refractivity contribution in [3.8, 4) is 6.07 Å². The lowest BCUT2D eigenvalue weighted by atomic mass is 10.1. The summed E-state index contributed by atoms with van der Waals surface area (Å²) in [7, 11) is 1.52. The van der Waals surface area contributed by atoms with Gasteiger partial charge in [-0.3, -0.25) is 14.4 Å². The third kappa shape index (κ3) is 5.33. The number of hydrogen-bond acceptors (Lipinski definition) is 5. The predicted molar refractivity (Wildman–Crippen MR) is 75.4 cm³/mol. The Bertz CT molecular complexity index is 517. The fourth-order valence-corrected chi connectivity index (χ4v) is 2.26. The number of thiophene rings is 1. The van der Waals surface area contributed by atoms with Crippen molar-refractivity contribution in [2.45, 2.75) is 25.7 Å². The van der Waals surface area contributed by atoms with Crippen LogP contribution in [0.25, 0.3) is 0 Å². The zero-order valence-electron chi connectivity index (χ0n) is 11.3. The van der Waals surface area contributed by atoms with Crippen LogP contribution in [0.5, 0.6) is 0 Å². The molecule has 0 bridgehead atoms. The van der Waals surface area contributed by atoms with E-state index in [4.69, 9.17) is 5.26 Å². The summed E-state index contributed by atoms with van der Waals surface area (Å²) in [5.41, 5.74) is 0. The second kappa shape index (κ2) is 8.23. The lowest BCUT2D eigenvalue weighted by Crippen LogP contribution is -2.27. The lowest BCUT2D eigenvalue weighted by Gasteiger charge is -2.12. The molecule has 0 aliphatic carbocycles. The van der Waals surface area contributed by atoms with Gasteiger partial charge in [-0.2, -0.15) is 5.26 Å². The summed E-state index contributed by atoms with van der Waals surface area (Å²) in [4.78, 5) is 36.8. The first-order chi connectivity index (χ1) is 9.54. The van der Waals surface area contributed by atoms with E-state index in [2.05, 4.69) is 0 Å². The van der Waals surface area contributed by atoms with E-state index in [-0.39, 0.29) is 49.7 Å². The Balaban J connectivity index is 2.26. The van der Waals surface area contributed by atoms with Crippen molar-refractivity contribution < 1.29 is 14.4 Å². The van der Waals surface area contributed by atoms with E-state index in [1.807, 2.05) is 11.4 Å². The van der Waals surface area contributed by atoms with E-state index < -0.39 is 0 Å². The summed E-state index contributed by atoms with van der Waals surface area (Å²) in [6.07, 6.45) is 0.546. The van der Waals surface area contributed by atoms with Crippen LogP contribution in [-0.2, 0) is 9.59 Å². The summed E-state index contributed by atoms with van der Waals surface area (Å²) in [5, 5.41) is 10.3. The highest BCUT2D eigenvalue weighted by Gasteiger charge is 2.13. The maximum atomic E-state index is 11.7. The average molecular weight is 292 g/mol. The van der Waals surface area contributed by atoms with Crippen molar-refractivity contribution in [3.05, 3.63) is 22.4 Å². The van der Waals surface area contributed by atoms with Crippen LogP contribution < -0.4 is 0 Å². The first kappa shape index (κ1) is 16.1. The van der Waals surface area contributed by atoms with Gasteiger partial charge in [-0.05, 0) is 11.4 Å². The molecule has 0 atom stereocenters. The van der Waals surface area contributed by atoms with E-state index in [1.165, 1.54) is 23.3 Å². The number of carbonyl (C=O) groups excluding carboxylic acids is 3. The van der Waals surface area contributed by atoms with E-state index >= 15 is 0 Å². The van der Waals surface area contributed by atoms with Gasteiger partial charge in [-0.25, -0.2) is 0 Å². The van der Waals surface area contributed by atoms with Crippen LogP contribution in [0.4, 0.5) is 0 Å². The van der Waals surface area contributed by atoms with Crippen LogP contribution in [-0.4, -0.2) is 36.0 Å².